The van der Waals surface area contributed by atoms with Gasteiger partial charge in [-0.05, 0) is 60.0 Å². The summed E-state index contributed by atoms with van der Waals surface area (Å²) in [5, 5.41) is 1.95. The highest BCUT2D eigenvalue weighted by Gasteiger charge is 2.20. The predicted octanol–water partition coefficient (Wildman–Crippen LogP) is 4.88. The summed E-state index contributed by atoms with van der Waals surface area (Å²) >= 11 is 1.56. The van der Waals surface area contributed by atoms with E-state index in [1.54, 1.807) is 59.9 Å². The Balaban J connectivity index is 1.72. The van der Waals surface area contributed by atoms with Crippen LogP contribution in [0.15, 0.2) is 66.1 Å². The molecule has 0 saturated heterocycles. The summed E-state index contributed by atoms with van der Waals surface area (Å²) < 4.78 is 15.9. The summed E-state index contributed by atoms with van der Waals surface area (Å²) in [5.74, 6) is 0.296. The first-order valence-corrected chi connectivity index (χ1v) is 9.29. The van der Waals surface area contributed by atoms with Crippen LogP contribution in [0.25, 0.3) is 6.08 Å². The molecule has 0 aliphatic rings. The van der Waals surface area contributed by atoms with Crippen LogP contribution in [0.2, 0.25) is 0 Å². The summed E-state index contributed by atoms with van der Waals surface area (Å²) in [6.45, 7) is 0. The Morgan fingerprint density at radius 2 is 1.57 bits per heavy atom. The van der Waals surface area contributed by atoms with Gasteiger partial charge in [0.15, 0.2) is 5.78 Å². The molecule has 0 unspecified atom stereocenters. The number of carbonyl (C=O) groups excluding carboxylic acids is 2. The van der Waals surface area contributed by atoms with Crippen LogP contribution in [0.4, 0.5) is 0 Å². The van der Waals surface area contributed by atoms with Crippen LogP contribution < -0.4 is 14.2 Å². The van der Waals surface area contributed by atoms with Crippen molar-refractivity contribution in [2.75, 3.05) is 14.2 Å². The van der Waals surface area contributed by atoms with Gasteiger partial charge in [0.25, 0.3) is 0 Å². The van der Waals surface area contributed by atoms with Gasteiger partial charge in [0.05, 0.1) is 14.2 Å². The quantitative estimate of drug-likeness (QED) is 0.247. The molecular formula is C22H18O5S. The molecule has 0 aliphatic carbocycles. The highest BCUT2D eigenvalue weighted by Crippen LogP contribution is 2.29. The molecule has 0 atom stereocenters. The number of rotatable bonds is 7. The standard InChI is InChI=1S/C22H18O5S/c1-25-19-6-3-7-20(26-2)21(19)22(24)27-16-10-8-15(9-11-16)18(23)13-12-17-5-4-14-28-17/h3-14H,1-2H3/b13-12+. The molecule has 0 fully saturated rings. The number of hydrogen-bond donors (Lipinski definition) is 0. The van der Waals surface area contributed by atoms with Crippen molar-refractivity contribution in [1.82, 2.24) is 0 Å². The Kier molecular flexibility index (Phi) is 6.24. The number of ether oxygens (including phenoxy) is 3. The van der Waals surface area contributed by atoms with Crippen LogP contribution in [0.1, 0.15) is 25.6 Å². The zero-order valence-electron chi connectivity index (χ0n) is 15.4. The molecule has 1 heterocycles. The smallest absolute Gasteiger partial charge is 0.351 e. The van der Waals surface area contributed by atoms with E-state index in [-0.39, 0.29) is 11.3 Å². The molecule has 1 aromatic heterocycles. The van der Waals surface area contributed by atoms with Crippen LogP contribution in [0.5, 0.6) is 17.2 Å². The zero-order valence-corrected chi connectivity index (χ0v) is 16.2. The van der Waals surface area contributed by atoms with Gasteiger partial charge in [-0.25, -0.2) is 4.79 Å². The molecule has 3 aromatic rings. The third-order valence-electron chi connectivity index (χ3n) is 3.92. The first-order chi connectivity index (χ1) is 13.6. The average Bonchev–Trinajstić information content (AvgIpc) is 3.25. The van der Waals surface area contributed by atoms with Crippen molar-refractivity contribution in [1.29, 1.82) is 0 Å². The number of carbonyl (C=O) groups is 2. The van der Waals surface area contributed by atoms with E-state index in [0.717, 1.165) is 4.88 Å². The molecule has 6 heteroatoms. The lowest BCUT2D eigenvalue weighted by Gasteiger charge is -2.12. The summed E-state index contributed by atoms with van der Waals surface area (Å²) in [6.07, 6.45) is 3.29. The molecule has 28 heavy (non-hydrogen) atoms. The van der Waals surface area contributed by atoms with E-state index in [0.29, 0.717) is 22.8 Å². The minimum atomic E-state index is -0.606. The fourth-order valence-corrected chi connectivity index (χ4v) is 3.16. The fraction of sp³-hybridized carbons (Fsp3) is 0.0909. The Hall–Kier alpha value is -3.38. The van der Waals surface area contributed by atoms with Gasteiger partial charge >= 0.3 is 5.97 Å². The van der Waals surface area contributed by atoms with E-state index in [1.165, 1.54) is 20.3 Å². The maximum absolute atomic E-state index is 12.6. The maximum atomic E-state index is 12.6. The van der Waals surface area contributed by atoms with Crippen LogP contribution in [0.3, 0.4) is 0 Å². The minimum absolute atomic E-state index is 0.127. The number of hydrogen-bond acceptors (Lipinski definition) is 6. The first kappa shape index (κ1) is 19.4. The maximum Gasteiger partial charge on any atom is 0.351 e. The highest BCUT2D eigenvalue weighted by atomic mass is 32.1. The number of benzene rings is 2. The van der Waals surface area contributed by atoms with E-state index < -0.39 is 5.97 Å². The summed E-state index contributed by atoms with van der Waals surface area (Å²) in [7, 11) is 2.94. The fourth-order valence-electron chi connectivity index (χ4n) is 2.54. The van der Waals surface area contributed by atoms with Gasteiger partial charge in [-0.1, -0.05) is 12.1 Å². The van der Waals surface area contributed by atoms with E-state index >= 15 is 0 Å². The van der Waals surface area contributed by atoms with Gasteiger partial charge in [-0.3, -0.25) is 4.79 Å². The molecule has 0 saturated carbocycles. The van der Waals surface area contributed by atoms with Crippen LogP contribution in [-0.2, 0) is 0 Å². The third-order valence-corrected chi connectivity index (χ3v) is 4.76. The normalized spacial score (nSPS) is 10.6. The molecule has 0 amide bonds. The number of methoxy groups -OCH3 is 2. The molecule has 0 spiro atoms. The monoisotopic (exact) mass is 394 g/mol. The molecule has 3 rings (SSSR count). The SMILES string of the molecule is COc1cccc(OC)c1C(=O)Oc1ccc(C(=O)/C=C/c2cccs2)cc1. The average molecular weight is 394 g/mol. The number of thiophene rings is 1. The molecule has 0 N–H and O–H groups in total. The Morgan fingerprint density at radius 3 is 2.14 bits per heavy atom. The lowest BCUT2D eigenvalue weighted by atomic mass is 10.1. The van der Waals surface area contributed by atoms with Crippen molar-refractivity contribution in [2.45, 2.75) is 0 Å². The molecular weight excluding hydrogens is 376 g/mol. The molecule has 0 bridgehead atoms. The largest absolute Gasteiger partial charge is 0.496 e. The topological polar surface area (TPSA) is 61.8 Å². The van der Waals surface area contributed by atoms with Gasteiger partial charge in [0, 0.05) is 10.4 Å². The Bertz CT molecular complexity index is 966. The van der Waals surface area contributed by atoms with E-state index in [2.05, 4.69) is 0 Å². The number of esters is 1. The van der Waals surface area contributed by atoms with Crippen LogP contribution >= 0.6 is 11.3 Å². The summed E-state index contributed by atoms with van der Waals surface area (Å²) in [4.78, 5) is 25.8. The van der Waals surface area contributed by atoms with E-state index in [9.17, 15) is 9.59 Å². The third kappa shape index (κ3) is 4.47. The van der Waals surface area contributed by atoms with Crippen molar-refractivity contribution in [3.05, 3.63) is 82.1 Å². The molecule has 0 aliphatic heterocycles. The van der Waals surface area contributed by atoms with Gasteiger partial charge < -0.3 is 14.2 Å². The van der Waals surface area contributed by atoms with E-state index in [1.807, 2.05) is 17.5 Å². The molecule has 2 aromatic carbocycles. The summed E-state index contributed by atoms with van der Waals surface area (Å²) in [6, 6.07) is 15.3. The minimum Gasteiger partial charge on any atom is -0.496 e. The van der Waals surface area contributed by atoms with Gasteiger partial charge in [0.2, 0.25) is 0 Å². The second-order valence-electron chi connectivity index (χ2n) is 5.66. The predicted molar refractivity (Wildman–Crippen MR) is 109 cm³/mol. The summed E-state index contributed by atoms with van der Waals surface area (Å²) in [5.41, 5.74) is 0.703. The lowest BCUT2D eigenvalue weighted by molar-refractivity contribution is 0.0727. The van der Waals surface area contributed by atoms with Gasteiger partial charge in [-0.2, -0.15) is 0 Å². The van der Waals surface area contributed by atoms with Crippen molar-refractivity contribution < 1.29 is 23.8 Å². The van der Waals surface area contributed by atoms with Gasteiger partial charge in [-0.15, -0.1) is 11.3 Å². The second kappa shape index (κ2) is 9.01. The van der Waals surface area contributed by atoms with Crippen LogP contribution in [0, 0.1) is 0 Å². The first-order valence-electron chi connectivity index (χ1n) is 8.41. The number of ketones is 1. The highest BCUT2D eigenvalue weighted by molar-refractivity contribution is 7.10. The second-order valence-corrected chi connectivity index (χ2v) is 6.64. The van der Waals surface area contributed by atoms with E-state index in [4.69, 9.17) is 14.2 Å². The van der Waals surface area contributed by atoms with Crippen molar-refractivity contribution >= 4 is 29.2 Å². The number of allylic oxidation sites excluding steroid dienone is 1. The molecule has 0 radical (unpaired) electrons. The molecule has 142 valence electrons. The van der Waals surface area contributed by atoms with Gasteiger partial charge in [0.1, 0.15) is 22.8 Å². The van der Waals surface area contributed by atoms with Crippen LogP contribution in [-0.4, -0.2) is 26.0 Å². The van der Waals surface area contributed by atoms with Crippen molar-refractivity contribution in [3.63, 3.8) is 0 Å². The lowest BCUT2D eigenvalue weighted by Crippen LogP contribution is -2.12. The van der Waals surface area contributed by atoms with Crippen molar-refractivity contribution in [2.24, 2.45) is 0 Å². The zero-order chi connectivity index (χ0) is 19.9. The molecule has 5 nitrogen and oxygen atoms in total. The Labute approximate surface area is 166 Å². The Morgan fingerprint density at radius 1 is 0.893 bits per heavy atom. The van der Waals surface area contributed by atoms with Crippen molar-refractivity contribution in [3.8, 4) is 17.2 Å².